The summed E-state index contributed by atoms with van der Waals surface area (Å²) >= 11 is 0. The van der Waals surface area contributed by atoms with E-state index in [-0.39, 0.29) is 0 Å². The lowest BCUT2D eigenvalue weighted by atomic mass is 10.0. The molecule has 2 fully saturated rings. The van der Waals surface area contributed by atoms with Gasteiger partial charge in [-0.3, -0.25) is 9.98 Å². The van der Waals surface area contributed by atoms with Gasteiger partial charge in [-0.15, -0.1) is 0 Å². The SMILES string of the molecule is c1ccc(-n2c3c/c(=N\C4CCN(C5CCCC5)CC4)c(Nc4cccnc4)cc-3nc3ccccc32)cc1. The van der Waals surface area contributed by atoms with Crippen molar-refractivity contribution in [3.05, 3.63) is 96.6 Å². The number of pyridine rings is 1. The highest BCUT2D eigenvalue weighted by atomic mass is 15.2. The first kappa shape index (κ1) is 24.0. The maximum absolute atomic E-state index is 5.39. The number of rotatable bonds is 5. The van der Waals surface area contributed by atoms with Crippen LogP contribution >= 0.6 is 0 Å². The van der Waals surface area contributed by atoms with E-state index < -0.39 is 0 Å². The third-order valence-corrected chi connectivity index (χ3v) is 8.31. The average molecular weight is 515 g/mol. The molecule has 0 amide bonds. The first-order chi connectivity index (χ1) is 19.3. The molecule has 2 aliphatic carbocycles. The molecule has 2 aromatic carbocycles. The molecule has 0 radical (unpaired) electrons. The molecular formula is C33H34N6. The summed E-state index contributed by atoms with van der Waals surface area (Å²) in [6, 6.07) is 28.4. The van der Waals surface area contributed by atoms with Gasteiger partial charge in [0.2, 0.25) is 0 Å². The maximum atomic E-state index is 5.39. The van der Waals surface area contributed by atoms with Gasteiger partial charge >= 0.3 is 0 Å². The highest BCUT2D eigenvalue weighted by molar-refractivity contribution is 5.84. The van der Waals surface area contributed by atoms with Crippen LogP contribution in [0, 0.1) is 0 Å². The molecule has 1 aromatic heterocycles. The number of anilines is 2. The Kier molecular flexibility index (Phi) is 6.55. The Morgan fingerprint density at radius 2 is 1.62 bits per heavy atom. The summed E-state index contributed by atoms with van der Waals surface area (Å²) in [6.07, 6.45) is 11.4. The lowest BCUT2D eigenvalue weighted by Gasteiger charge is -2.34. The zero-order valence-electron chi connectivity index (χ0n) is 22.2. The van der Waals surface area contributed by atoms with E-state index in [2.05, 4.69) is 80.4 Å². The van der Waals surface area contributed by atoms with Crippen LogP contribution in [-0.4, -0.2) is 44.6 Å². The van der Waals surface area contributed by atoms with Crippen molar-refractivity contribution >= 4 is 22.4 Å². The highest BCUT2D eigenvalue weighted by Crippen LogP contribution is 2.31. The van der Waals surface area contributed by atoms with Crippen LogP contribution in [-0.2, 0) is 0 Å². The molecule has 6 nitrogen and oxygen atoms in total. The Morgan fingerprint density at radius 3 is 2.41 bits per heavy atom. The summed E-state index contributed by atoms with van der Waals surface area (Å²) in [6.45, 7) is 2.29. The lowest BCUT2D eigenvalue weighted by molar-refractivity contribution is 0.154. The molecule has 0 bridgehead atoms. The first-order valence-electron chi connectivity index (χ1n) is 14.3. The molecule has 3 aromatic rings. The number of aromatic nitrogens is 3. The van der Waals surface area contributed by atoms with Gasteiger partial charge in [0, 0.05) is 31.0 Å². The van der Waals surface area contributed by atoms with Crippen molar-refractivity contribution < 1.29 is 0 Å². The number of hydrogen-bond acceptors (Lipinski definition) is 5. The summed E-state index contributed by atoms with van der Waals surface area (Å²) in [5.41, 5.74) is 7.06. The van der Waals surface area contributed by atoms with Crippen LogP contribution < -0.4 is 10.7 Å². The fourth-order valence-electron chi connectivity index (χ4n) is 6.34. The standard InChI is InChI=1S/C33H34N6/c1-2-12-27(13-3-1)39-32-15-7-6-14-28(32)37-31-21-29(36-25-9-8-18-34-23-25)30(22-33(31)39)35-24-16-19-38(20-17-24)26-10-4-5-11-26/h1-3,6-9,12-15,18,21-24,26,36H,4-5,10-11,16-17,19-20H2/b35-30+. The topological polar surface area (TPSA) is 58.3 Å². The number of piperidine rings is 1. The quantitative estimate of drug-likeness (QED) is 0.269. The molecule has 196 valence electrons. The summed E-state index contributed by atoms with van der Waals surface area (Å²) < 4.78 is 2.31. The molecule has 3 heterocycles. The highest BCUT2D eigenvalue weighted by Gasteiger charge is 2.27. The minimum Gasteiger partial charge on any atom is -0.352 e. The van der Waals surface area contributed by atoms with E-state index in [4.69, 9.17) is 9.98 Å². The smallest absolute Gasteiger partial charge is 0.0900 e. The Morgan fingerprint density at radius 1 is 0.821 bits per heavy atom. The normalized spacial score (nSPS) is 17.8. The van der Waals surface area contributed by atoms with E-state index in [0.29, 0.717) is 6.04 Å². The zero-order chi connectivity index (χ0) is 26.0. The van der Waals surface area contributed by atoms with Gasteiger partial charge in [-0.25, -0.2) is 4.98 Å². The zero-order valence-corrected chi connectivity index (χ0v) is 22.2. The Bertz CT molecular complexity index is 1600. The van der Waals surface area contributed by atoms with Gasteiger partial charge in [-0.2, -0.15) is 0 Å². The third kappa shape index (κ3) is 4.92. The van der Waals surface area contributed by atoms with Crippen LogP contribution in [0.5, 0.6) is 0 Å². The second kappa shape index (κ2) is 10.6. The van der Waals surface area contributed by atoms with Crippen molar-refractivity contribution in [3.63, 3.8) is 0 Å². The number of nitrogens with one attached hydrogen (secondary N) is 1. The third-order valence-electron chi connectivity index (χ3n) is 8.31. The van der Waals surface area contributed by atoms with Crippen LogP contribution in [0.1, 0.15) is 38.5 Å². The molecule has 4 aliphatic rings. The molecule has 0 unspecified atom stereocenters. The largest absolute Gasteiger partial charge is 0.352 e. The molecule has 7 rings (SSSR count). The van der Waals surface area contributed by atoms with E-state index in [0.717, 1.165) is 76.8 Å². The predicted molar refractivity (Wildman–Crippen MR) is 158 cm³/mol. The number of nitrogens with zero attached hydrogens (tertiary/aromatic N) is 5. The molecule has 1 saturated carbocycles. The van der Waals surface area contributed by atoms with Crippen molar-refractivity contribution in [2.24, 2.45) is 4.99 Å². The molecular weight excluding hydrogens is 480 g/mol. The Hall–Kier alpha value is -4.03. The van der Waals surface area contributed by atoms with Crippen molar-refractivity contribution in [1.82, 2.24) is 19.4 Å². The molecule has 2 aliphatic heterocycles. The molecule has 1 N–H and O–H groups in total. The molecule has 0 spiro atoms. The van der Waals surface area contributed by atoms with E-state index in [1.54, 1.807) is 6.20 Å². The number of hydrogen-bond donors (Lipinski definition) is 1. The maximum Gasteiger partial charge on any atom is 0.0900 e. The van der Waals surface area contributed by atoms with E-state index in [1.165, 1.54) is 25.7 Å². The number of likely N-dealkylation sites (tertiary alicyclic amines) is 1. The minimum atomic E-state index is 0.313. The summed E-state index contributed by atoms with van der Waals surface area (Å²) in [5.74, 6) is 0. The molecule has 1 saturated heterocycles. The fourth-order valence-corrected chi connectivity index (χ4v) is 6.34. The number of para-hydroxylation sites is 3. The van der Waals surface area contributed by atoms with E-state index >= 15 is 0 Å². The van der Waals surface area contributed by atoms with Gasteiger partial charge < -0.3 is 14.8 Å². The summed E-state index contributed by atoms with van der Waals surface area (Å²) in [7, 11) is 0. The average Bonchev–Trinajstić information content (AvgIpc) is 3.53. The Balaban J connectivity index is 1.36. The Labute approximate surface area is 229 Å². The van der Waals surface area contributed by atoms with Gasteiger partial charge in [-0.05, 0) is 74.2 Å². The van der Waals surface area contributed by atoms with Crippen molar-refractivity contribution in [1.29, 1.82) is 0 Å². The second-order valence-electron chi connectivity index (χ2n) is 10.8. The monoisotopic (exact) mass is 514 g/mol. The summed E-state index contributed by atoms with van der Waals surface area (Å²) in [5, 5.41) is 4.58. The predicted octanol–water partition coefficient (Wildman–Crippen LogP) is 6.58. The van der Waals surface area contributed by atoms with Crippen molar-refractivity contribution in [2.45, 2.75) is 50.6 Å². The van der Waals surface area contributed by atoms with Gasteiger partial charge in [0.25, 0.3) is 0 Å². The van der Waals surface area contributed by atoms with E-state index in [1.807, 2.05) is 24.4 Å². The number of benzene rings is 3. The minimum absolute atomic E-state index is 0.313. The van der Waals surface area contributed by atoms with Gasteiger partial charge in [0.1, 0.15) is 0 Å². The van der Waals surface area contributed by atoms with Crippen LogP contribution in [0.15, 0.2) is 96.2 Å². The van der Waals surface area contributed by atoms with Crippen LogP contribution in [0.25, 0.3) is 28.1 Å². The van der Waals surface area contributed by atoms with Crippen LogP contribution in [0.2, 0.25) is 0 Å². The van der Waals surface area contributed by atoms with Crippen molar-refractivity contribution in [2.75, 3.05) is 18.4 Å². The van der Waals surface area contributed by atoms with Gasteiger partial charge in [0.05, 0.1) is 51.4 Å². The lowest BCUT2D eigenvalue weighted by Crippen LogP contribution is -2.41. The molecule has 0 atom stereocenters. The summed E-state index contributed by atoms with van der Waals surface area (Å²) in [4.78, 5) is 17.5. The number of fused-ring (bicyclic) bond motifs is 2. The molecule has 39 heavy (non-hydrogen) atoms. The van der Waals surface area contributed by atoms with E-state index in [9.17, 15) is 0 Å². The fraction of sp³-hybridized carbons (Fsp3) is 0.303. The molecule has 6 heteroatoms. The van der Waals surface area contributed by atoms with Crippen LogP contribution in [0.4, 0.5) is 11.4 Å². The van der Waals surface area contributed by atoms with Gasteiger partial charge in [0.15, 0.2) is 0 Å². The van der Waals surface area contributed by atoms with Gasteiger partial charge in [-0.1, -0.05) is 43.2 Å². The van der Waals surface area contributed by atoms with Crippen LogP contribution in [0.3, 0.4) is 0 Å². The second-order valence-corrected chi connectivity index (χ2v) is 10.8. The first-order valence-corrected chi connectivity index (χ1v) is 14.3. The van der Waals surface area contributed by atoms with Crippen molar-refractivity contribution in [3.8, 4) is 17.1 Å².